The molecule has 128 valence electrons. The lowest BCUT2D eigenvalue weighted by atomic mass is 10.1. The smallest absolute Gasteiger partial charge is 0.260 e. The Balaban J connectivity index is 1.76. The molecule has 4 heteroatoms. The third kappa shape index (κ3) is 6.22. The van der Waals surface area contributed by atoms with Gasteiger partial charge in [-0.05, 0) is 44.2 Å². The fourth-order valence-corrected chi connectivity index (χ4v) is 2.85. The Bertz CT molecular complexity index is 482. The van der Waals surface area contributed by atoms with E-state index >= 15 is 0 Å². The molecule has 0 aromatic heterocycles. The normalized spacial score (nSPS) is 14.5. The predicted octanol–water partition coefficient (Wildman–Crippen LogP) is 3.21. The van der Waals surface area contributed by atoms with Gasteiger partial charge in [0.1, 0.15) is 5.75 Å². The van der Waals surface area contributed by atoms with Gasteiger partial charge >= 0.3 is 0 Å². The topological polar surface area (TPSA) is 41.6 Å². The van der Waals surface area contributed by atoms with Gasteiger partial charge in [-0.1, -0.05) is 32.0 Å². The summed E-state index contributed by atoms with van der Waals surface area (Å²) in [5, 5.41) is 3.46. The molecule has 1 fully saturated rings. The predicted molar refractivity (Wildman–Crippen MR) is 93.5 cm³/mol. The summed E-state index contributed by atoms with van der Waals surface area (Å²) in [5.41, 5.74) is 1.12. The number of likely N-dealkylation sites (tertiary alicyclic amines) is 1. The van der Waals surface area contributed by atoms with Crippen LogP contribution in [0.4, 0.5) is 0 Å². The Labute approximate surface area is 140 Å². The Morgan fingerprint density at radius 2 is 2.00 bits per heavy atom. The average Bonchev–Trinajstić information content (AvgIpc) is 3.07. The van der Waals surface area contributed by atoms with E-state index in [2.05, 4.69) is 25.2 Å². The minimum Gasteiger partial charge on any atom is -0.483 e. The van der Waals surface area contributed by atoms with Crippen LogP contribution in [-0.4, -0.2) is 37.0 Å². The molecular formula is C19H30N2O2. The van der Waals surface area contributed by atoms with Gasteiger partial charge in [-0.15, -0.1) is 0 Å². The average molecular weight is 318 g/mol. The SMILES string of the molecule is CC(C)CCCNCc1ccccc1OCC(=O)N1CCCC1. The van der Waals surface area contributed by atoms with Crippen molar-refractivity contribution in [3.63, 3.8) is 0 Å². The van der Waals surface area contributed by atoms with Gasteiger partial charge in [-0.25, -0.2) is 0 Å². The van der Waals surface area contributed by atoms with E-state index in [0.29, 0.717) is 0 Å². The van der Waals surface area contributed by atoms with E-state index in [1.165, 1.54) is 12.8 Å². The van der Waals surface area contributed by atoms with Crippen LogP contribution in [0.1, 0.15) is 45.1 Å². The Kier molecular flexibility index (Phi) is 7.40. The number of benzene rings is 1. The third-order valence-electron chi connectivity index (χ3n) is 4.23. The van der Waals surface area contributed by atoms with Crippen molar-refractivity contribution >= 4 is 5.91 Å². The first-order valence-electron chi connectivity index (χ1n) is 8.86. The summed E-state index contributed by atoms with van der Waals surface area (Å²) in [7, 11) is 0. The van der Waals surface area contributed by atoms with Crippen LogP contribution < -0.4 is 10.1 Å². The van der Waals surface area contributed by atoms with Crippen LogP contribution in [0.25, 0.3) is 0 Å². The summed E-state index contributed by atoms with van der Waals surface area (Å²) < 4.78 is 5.78. The fraction of sp³-hybridized carbons (Fsp3) is 0.632. The summed E-state index contributed by atoms with van der Waals surface area (Å²) in [6.45, 7) is 8.19. The van der Waals surface area contributed by atoms with Gasteiger partial charge < -0.3 is 15.0 Å². The number of hydrogen-bond acceptors (Lipinski definition) is 3. The molecule has 0 bridgehead atoms. The van der Waals surface area contributed by atoms with Crippen LogP contribution in [-0.2, 0) is 11.3 Å². The number of carbonyl (C=O) groups excluding carboxylic acids is 1. The summed E-state index contributed by atoms with van der Waals surface area (Å²) in [4.78, 5) is 14.0. The molecule has 1 aliphatic rings. The maximum absolute atomic E-state index is 12.1. The van der Waals surface area contributed by atoms with Gasteiger partial charge in [0.2, 0.25) is 0 Å². The van der Waals surface area contributed by atoms with E-state index in [1.807, 2.05) is 23.1 Å². The monoisotopic (exact) mass is 318 g/mol. The highest BCUT2D eigenvalue weighted by Gasteiger charge is 2.18. The number of carbonyl (C=O) groups is 1. The number of rotatable bonds is 9. The molecular weight excluding hydrogens is 288 g/mol. The van der Waals surface area contributed by atoms with E-state index < -0.39 is 0 Å². The number of para-hydroxylation sites is 1. The van der Waals surface area contributed by atoms with Gasteiger partial charge in [-0.3, -0.25) is 4.79 Å². The molecule has 0 unspecified atom stereocenters. The zero-order chi connectivity index (χ0) is 16.5. The molecule has 0 saturated carbocycles. The van der Waals surface area contributed by atoms with Gasteiger partial charge in [0.05, 0.1) is 0 Å². The van der Waals surface area contributed by atoms with Crippen LogP contribution in [0.15, 0.2) is 24.3 Å². The van der Waals surface area contributed by atoms with E-state index in [1.54, 1.807) is 0 Å². The minimum absolute atomic E-state index is 0.0993. The Hall–Kier alpha value is -1.55. The maximum Gasteiger partial charge on any atom is 0.260 e. The number of hydrogen-bond donors (Lipinski definition) is 1. The van der Waals surface area contributed by atoms with Crippen molar-refractivity contribution in [2.45, 2.75) is 46.1 Å². The Morgan fingerprint density at radius 1 is 1.26 bits per heavy atom. The van der Waals surface area contributed by atoms with Gasteiger partial charge in [0, 0.05) is 25.2 Å². The third-order valence-corrected chi connectivity index (χ3v) is 4.23. The molecule has 1 heterocycles. The molecule has 1 amide bonds. The molecule has 1 aromatic carbocycles. The second kappa shape index (κ2) is 9.56. The molecule has 0 radical (unpaired) electrons. The molecule has 4 nitrogen and oxygen atoms in total. The zero-order valence-electron chi connectivity index (χ0n) is 14.5. The van der Waals surface area contributed by atoms with Crippen LogP contribution >= 0.6 is 0 Å². The highest BCUT2D eigenvalue weighted by molar-refractivity contribution is 5.78. The molecule has 1 N–H and O–H groups in total. The molecule has 1 aliphatic heterocycles. The van der Waals surface area contributed by atoms with Crippen molar-refractivity contribution in [2.24, 2.45) is 5.92 Å². The van der Waals surface area contributed by atoms with Crippen molar-refractivity contribution in [1.82, 2.24) is 10.2 Å². The van der Waals surface area contributed by atoms with Crippen molar-refractivity contribution in [1.29, 1.82) is 0 Å². The summed E-state index contributed by atoms with van der Waals surface area (Å²) in [5.74, 6) is 1.67. The lowest BCUT2D eigenvalue weighted by Crippen LogP contribution is -2.32. The number of ether oxygens (including phenoxy) is 1. The quantitative estimate of drug-likeness (QED) is 0.711. The van der Waals surface area contributed by atoms with Crippen LogP contribution in [0.5, 0.6) is 5.75 Å². The molecule has 0 spiro atoms. The van der Waals surface area contributed by atoms with E-state index in [9.17, 15) is 4.79 Å². The van der Waals surface area contributed by atoms with Crippen LogP contribution in [0, 0.1) is 5.92 Å². The molecule has 1 saturated heterocycles. The van der Waals surface area contributed by atoms with Crippen LogP contribution in [0.2, 0.25) is 0 Å². The number of nitrogens with one attached hydrogen (secondary N) is 1. The lowest BCUT2D eigenvalue weighted by Gasteiger charge is -2.17. The second-order valence-corrected chi connectivity index (χ2v) is 6.70. The van der Waals surface area contributed by atoms with Crippen molar-refractivity contribution in [3.05, 3.63) is 29.8 Å². The Morgan fingerprint density at radius 3 is 2.74 bits per heavy atom. The van der Waals surface area contributed by atoms with E-state index in [0.717, 1.165) is 56.3 Å². The molecule has 23 heavy (non-hydrogen) atoms. The van der Waals surface area contributed by atoms with Crippen LogP contribution in [0.3, 0.4) is 0 Å². The van der Waals surface area contributed by atoms with Crippen molar-refractivity contribution in [3.8, 4) is 5.75 Å². The molecule has 0 aliphatic carbocycles. The summed E-state index contributed by atoms with van der Waals surface area (Å²) in [6, 6.07) is 7.98. The van der Waals surface area contributed by atoms with Crippen molar-refractivity contribution in [2.75, 3.05) is 26.2 Å². The standard InChI is InChI=1S/C19H30N2O2/c1-16(2)8-7-11-20-14-17-9-3-4-10-18(17)23-15-19(22)21-12-5-6-13-21/h3-4,9-10,16,20H,5-8,11-15H2,1-2H3. The van der Waals surface area contributed by atoms with Gasteiger partial charge in [0.15, 0.2) is 6.61 Å². The maximum atomic E-state index is 12.1. The second-order valence-electron chi connectivity index (χ2n) is 6.70. The molecule has 2 rings (SSSR count). The lowest BCUT2D eigenvalue weighted by molar-refractivity contribution is -0.132. The highest BCUT2D eigenvalue weighted by atomic mass is 16.5. The first-order valence-corrected chi connectivity index (χ1v) is 8.86. The fourth-order valence-electron chi connectivity index (χ4n) is 2.85. The number of amides is 1. The van der Waals surface area contributed by atoms with E-state index in [-0.39, 0.29) is 12.5 Å². The van der Waals surface area contributed by atoms with Crippen molar-refractivity contribution < 1.29 is 9.53 Å². The minimum atomic E-state index is 0.0993. The number of nitrogens with zero attached hydrogens (tertiary/aromatic N) is 1. The molecule has 0 atom stereocenters. The van der Waals surface area contributed by atoms with Gasteiger partial charge in [-0.2, -0.15) is 0 Å². The summed E-state index contributed by atoms with van der Waals surface area (Å²) >= 11 is 0. The van der Waals surface area contributed by atoms with Gasteiger partial charge in [0.25, 0.3) is 5.91 Å². The zero-order valence-corrected chi connectivity index (χ0v) is 14.5. The summed E-state index contributed by atoms with van der Waals surface area (Å²) in [6.07, 6.45) is 4.66. The largest absolute Gasteiger partial charge is 0.483 e. The van der Waals surface area contributed by atoms with E-state index in [4.69, 9.17) is 4.74 Å². The highest BCUT2D eigenvalue weighted by Crippen LogP contribution is 2.18. The first-order chi connectivity index (χ1) is 11.2. The first kappa shape index (κ1) is 17.8. The molecule has 1 aromatic rings.